The van der Waals surface area contributed by atoms with Crippen molar-refractivity contribution in [1.82, 2.24) is 19.9 Å². The molecule has 0 radical (unpaired) electrons. The predicted molar refractivity (Wildman–Crippen MR) is 112 cm³/mol. The molecule has 0 amide bonds. The SMILES string of the molecule is O=c1cc(CNCOCc2ccc(C(F)(F)F)cc2)nc2c(-c3cccs3)c(C(F)(F)F)[nH]n12. The summed E-state index contributed by atoms with van der Waals surface area (Å²) in [7, 11) is 0. The Morgan fingerprint density at radius 2 is 1.79 bits per heavy atom. The number of nitrogens with one attached hydrogen (secondary N) is 2. The van der Waals surface area contributed by atoms with E-state index in [0.29, 0.717) is 10.4 Å². The second-order valence-electron chi connectivity index (χ2n) is 7.20. The van der Waals surface area contributed by atoms with Crippen LogP contribution in [-0.4, -0.2) is 21.3 Å². The van der Waals surface area contributed by atoms with Gasteiger partial charge in [0.1, 0.15) is 5.69 Å². The normalized spacial score (nSPS) is 12.5. The summed E-state index contributed by atoms with van der Waals surface area (Å²) < 4.78 is 84.6. The molecule has 4 aromatic rings. The lowest BCUT2D eigenvalue weighted by Gasteiger charge is -2.09. The number of benzene rings is 1. The van der Waals surface area contributed by atoms with Gasteiger partial charge in [-0.3, -0.25) is 15.2 Å². The highest BCUT2D eigenvalue weighted by Gasteiger charge is 2.38. The van der Waals surface area contributed by atoms with Gasteiger partial charge in [0.05, 0.1) is 30.2 Å². The van der Waals surface area contributed by atoms with Crippen LogP contribution >= 0.6 is 11.3 Å². The monoisotopic (exact) mass is 502 g/mol. The molecule has 6 nitrogen and oxygen atoms in total. The van der Waals surface area contributed by atoms with E-state index in [1.165, 1.54) is 18.2 Å². The van der Waals surface area contributed by atoms with Gasteiger partial charge < -0.3 is 4.74 Å². The highest BCUT2D eigenvalue weighted by molar-refractivity contribution is 7.13. The Bertz CT molecular complexity index is 1330. The van der Waals surface area contributed by atoms with Crippen molar-refractivity contribution in [2.24, 2.45) is 0 Å². The number of ether oxygens (including phenoxy) is 1. The van der Waals surface area contributed by atoms with Gasteiger partial charge >= 0.3 is 12.4 Å². The number of alkyl halides is 6. The number of hydrogen-bond acceptors (Lipinski definition) is 5. The van der Waals surface area contributed by atoms with Crippen LogP contribution in [0, 0.1) is 0 Å². The maximum absolute atomic E-state index is 13.6. The molecule has 0 unspecified atom stereocenters. The highest BCUT2D eigenvalue weighted by Crippen LogP contribution is 2.39. The first kappa shape index (κ1) is 24.0. The molecule has 0 aliphatic heterocycles. The zero-order valence-corrected chi connectivity index (χ0v) is 17.9. The summed E-state index contributed by atoms with van der Waals surface area (Å²) >= 11 is 1.09. The van der Waals surface area contributed by atoms with Gasteiger partial charge in [0.25, 0.3) is 5.56 Å². The Hall–Kier alpha value is -3.16. The quantitative estimate of drug-likeness (QED) is 0.211. The zero-order chi connectivity index (χ0) is 24.5. The Morgan fingerprint density at radius 3 is 2.41 bits per heavy atom. The first-order valence-electron chi connectivity index (χ1n) is 9.74. The molecule has 0 atom stereocenters. The van der Waals surface area contributed by atoms with Crippen molar-refractivity contribution in [2.45, 2.75) is 25.5 Å². The molecule has 34 heavy (non-hydrogen) atoms. The lowest BCUT2D eigenvalue weighted by molar-refractivity contribution is -0.141. The van der Waals surface area contributed by atoms with Crippen molar-refractivity contribution in [3.8, 4) is 10.4 Å². The standard InChI is InChI=1S/C21H16F6N4O2S/c22-20(23,24)13-5-3-12(4-6-13)10-33-11-28-9-14-8-16(32)31-19(29-14)17(15-2-1-7-34-15)18(30-31)21(25,26)27/h1-8,28,30H,9-11H2. The summed E-state index contributed by atoms with van der Waals surface area (Å²) in [5.41, 5.74) is -2.16. The van der Waals surface area contributed by atoms with Crippen molar-refractivity contribution >= 4 is 17.0 Å². The van der Waals surface area contributed by atoms with Crippen molar-refractivity contribution in [2.75, 3.05) is 6.73 Å². The number of nitrogens with zero attached hydrogens (tertiary/aromatic N) is 2. The fourth-order valence-electron chi connectivity index (χ4n) is 3.25. The van der Waals surface area contributed by atoms with E-state index >= 15 is 0 Å². The van der Waals surface area contributed by atoms with Crippen LogP contribution < -0.4 is 10.9 Å². The van der Waals surface area contributed by atoms with Crippen molar-refractivity contribution in [1.29, 1.82) is 0 Å². The van der Waals surface area contributed by atoms with Crippen molar-refractivity contribution in [3.63, 3.8) is 0 Å². The van der Waals surface area contributed by atoms with E-state index in [9.17, 15) is 31.1 Å². The fraction of sp³-hybridized carbons (Fsp3) is 0.238. The molecule has 0 fully saturated rings. The number of aromatic nitrogens is 3. The smallest absolute Gasteiger partial charge is 0.362 e. The fourth-order valence-corrected chi connectivity index (χ4v) is 4.02. The molecule has 0 aliphatic carbocycles. The molecular formula is C21H16F6N4O2S. The number of H-pyrrole nitrogens is 1. The number of fused-ring (bicyclic) bond motifs is 1. The average Bonchev–Trinajstić information content (AvgIpc) is 3.40. The average molecular weight is 502 g/mol. The molecule has 13 heteroatoms. The topological polar surface area (TPSA) is 71.4 Å². The molecule has 4 rings (SSSR count). The van der Waals surface area contributed by atoms with E-state index in [0.717, 1.165) is 34.1 Å². The Balaban J connectivity index is 1.45. The molecule has 0 saturated carbocycles. The minimum absolute atomic E-state index is 0.0230. The Morgan fingerprint density at radius 1 is 1.06 bits per heavy atom. The molecule has 0 aliphatic rings. The van der Waals surface area contributed by atoms with Gasteiger partial charge in [0.15, 0.2) is 5.65 Å². The van der Waals surface area contributed by atoms with Crippen LogP contribution in [0.3, 0.4) is 0 Å². The van der Waals surface area contributed by atoms with Gasteiger partial charge in [-0.15, -0.1) is 11.3 Å². The second-order valence-corrected chi connectivity index (χ2v) is 8.14. The van der Waals surface area contributed by atoms with E-state index in [-0.39, 0.29) is 36.8 Å². The van der Waals surface area contributed by atoms with Gasteiger partial charge in [-0.05, 0) is 29.1 Å². The lowest BCUT2D eigenvalue weighted by atomic mass is 10.1. The summed E-state index contributed by atoms with van der Waals surface area (Å²) in [6.07, 6.45) is -9.14. The van der Waals surface area contributed by atoms with Crippen molar-refractivity contribution < 1.29 is 31.1 Å². The minimum Gasteiger partial charge on any atom is -0.362 e. The molecule has 1 aromatic carbocycles. The molecule has 2 N–H and O–H groups in total. The zero-order valence-electron chi connectivity index (χ0n) is 17.1. The molecule has 3 heterocycles. The summed E-state index contributed by atoms with van der Waals surface area (Å²) in [6.45, 7) is 0.0332. The second kappa shape index (κ2) is 9.24. The first-order chi connectivity index (χ1) is 16.0. The largest absolute Gasteiger partial charge is 0.433 e. The van der Waals surface area contributed by atoms with E-state index in [1.54, 1.807) is 11.4 Å². The van der Waals surface area contributed by atoms with Gasteiger partial charge in [0, 0.05) is 17.5 Å². The van der Waals surface area contributed by atoms with Crippen LogP contribution in [0.4, 0.5) is 26.3 Å². The third kappa shape index (κ3) is 5.16. The van der Waals surface area contributed by atoms with E-state index in [4.69, 9.17) is 4.74 Å². The number of halogens is 6. The van der Waals surface area contributed by atoms with E-state index in [2.05, 4.69) is 15.4 Å². The van der Waals surface area contributed by atoms with Crippen LogP contribution in [0.2, 0.25) is 0 Å². The maximum Gasteiger partial charge on any atom is 0.433 e. The number of thiophene rings is 1. The molecule has 0 spiro atoms. The highest BCUT2D eigenvalue weighted by atomic mass is 32.1. The van der Waals surface area contributed by atoms with Crippen LogP contribution in [0.1, 0.15) is 22.5 Å². The molecular weight excluding hydrogens is 486 g/mol. The number of aromatic amines is 1. The maximum atomic E-state index is 13.6. The van der Waals surface area contributed by atoms with E-state index in [1.807, 2.05) is 0 Å². The molecule has 0 saturated heterocycles. The molecule has 3 aromatic heterocycles. The Labute approximate surface area is 191 Å². The Kier molecular flexibility index (Phi) is 6.51. The summed E-state index contributed by atoms with van der Waals surface area (Å²) in [5.74, 6) is 0. The van der Waals surface area contributed by atoms with E-state index < -0.39 is 29.2 Å². The molecule has 180 valence electrons. The van der Waals surface area contributed by atoms with Gasteiger partial charge in [-0.25, -0.2) is 9.50 Å². The predicted octanol–water partition coefficient (Wildman–Crippen LogP) is 5.05. The van der Waals surface area contributed by atoms with Crippen LogP contribution in [-0.2, 0) is 30.2 Å². The summed E-state index contributed by atoms with van der Waals surface area (Å²) in [6, 6.07) is 8.72. The lowest BCUT2D eigenvalue weighted by Crippen LogP contribution is -2.22. The molecule has 0 bridgehead atoms. The van der Waals surface area contributed by atoms with Gasteiger partial charge in [0.2, 0.25) is 0 Å². The number of hydrogen-bond donors (Lipinski definition) is 2. The van der Waals surface area contributed by atoms with Crippen LogP contribution in [0.15, 0.2) is 52.6 Å². The van der Waals surface area contributed by atoms with Gasteiger partial charge in [-0.1, -0.05) is 18.2 Å². The summed E-state index contributed by atoms with van der Waals surface area (Å²) in [5, 5.41) is 6.57. The van der Waals surface area contributed by atoms with Crippen molar-refractivity contribution in [3.05, 3.63) is 80.7 Å². The minimum atomic E-state index is -4.72. The number of rotatable bonds is 7. The van der Waals surface area contributed by atoms with Gasteiger partial charge in [-0.2, -0.15) is 26.3 Å². The summed E-state index contributed by atoms with van der Waals surface area (Å²) in [4.78, 5) is 17.0. The van der Waals surface area contributed by atoms with Crippen LogP contribution in [0.25, 0.3) is 16.1 Å². The van der Waals surface area contributed by atoms with Crippen LogP contribution in [0.5, 0.6) is 0 Å². The third-order valence-corrected chi connectivity index (χ3v) is 5.67. The first-order valence-corrected chi connectivity index (χ1v) is 10.6. The third-order valence-electron chi connectivity index (χ3n) is 4.78.